The molecule has 1 unspecified atom stereocenters. The number of aliphatic hydroxyl groups is 1. The van der Waals surface area contributed by atoms with Crippen molar-refractivity contribution in [3.63, 3.8) is 0 Å². The van der Waals surface area contributed by atoms with Gasteiger partial charge in [-0.2, -0.15) is 0 Å². The number of halogens is 1. The highest BCUT2D eigenvalue weighted by Gasteiger charge is 2.40. The van der Waals surface area contributed by atoms with Crippen LogP contribution in [0.1, 0.15) is 30.9 Å². The Labute approximate surface area is 112 Å². The molecule has 17 heavy (non-hydrogen) atoms. The van der Waals surface area contributed by atoms with Crippen molar-refractivity contribution in [2.75, 3.05) is 6.61 Å². The molecule has 1 aliphatic carbocycles. The van der Waals surface area contributed by atoms with Crippen LogP contribution in [0.3, 0.4) is 0 Å². The molecule has 1 atom stereocenters. The molecule has 0 heterocycles. The van der Waals surface area contributed by atoms with E-state index in [4.69, 9.17) is 0 Å². The van der Waals surface area contributed by atoms with Crippen LogP contribution in [-0.2, 0) is 6.54 Å². The summed E-state index contributed by atoms with van der Waals surface area (Å²) >= 11 is 3.47. The summed E-state index contributed by atoms with van der Waals surface area (Å²) < 4.78 is 1.12. The Morgan fingerprint density at radius 1 is 1.47 bits per heavy atom. The summed E-state index contributed by atoms with van der Waals surface area (Å²) in [5.74, 6) is 0.642. The van der Waals surface area contributed by atoms with Crippen molar-refractivity contribution in [1.29, 1.82) is 0 Å². The summed E-state index contributed by atoms with van der Waals surface area (Å²) in [5, 5.41) is 13.0. The quantitative estimate of drug-likeness (QED) is 0.876. The molecule has 1 fully saturated rings. The van der Waals surface area contributed by atoms with Crippen LogP contribution in [0.2, 0.25) is 0 Å². The van der Waals surface area contributed by atoms with E-state index in [0.717, 1.165) is 11.0 Å². The van der Waals surface area contributed by atoms with Crippen molar-refractivity contribution >= 4 is 15.9 Å². The fourth-order valence-corrected chi connectivity index (χ4v) is 2.68. The van der Waals surface area contributed by atoms with Gasteiger partial charge in [-0.05, 0) is 55.9 Å². The molecule has 94 valence electrons. The van der Waals surface area contributed by atoms with Crippen molar-refractivity contribution in [3.05, 3.63) is 33.8 Å². The molecule has 0 radical (unpaired) electrons. The van der Waals surface area contributed by atoms with Gasteiger partial charge in [-0.1, -0.05) is 22.0 Å². The maximum atomic E-state index is 9.52. The largest absolute Gasteiger partial charge is 0.394 e. The molecular formula is C14H20BrNO. The van der Waals surface area contributed by atoms with Crippen molar-refractivity contribution < 1.29 is 5.11 Å². The summed E-state index contributed by atoms with van der Waals surface area (Å²) in [7, 11) is 0. The molecular weight excluding hydrogens is 278 g/mol. The summed E-state index contributed by atoms with van der Waals surface area (Å²) in [6.45, 7) is 5.29. The molecule has 1 aliphatic rings. The Hall–Kier alpha value is -0.380. The summed E-state index contributed by atoms with van der Waals surface area (Å²) in [5.41, 5.74) is 2.47. The van der Waals surface area contributed by atoms with Crippen LogP contribution in [0.4, 0.5) is 0 Å². The minimum atomic E-state index is -0.112. The lowest BCUT2D eigenvalue weighted by atomic mass is 9.96. The van der Waals surface area contributed by atoms with Gasteiger partial charge in [0, 0.05) is 16.6 Å². The second-order valence-electron chi connectivity index (χ2n) is 5.27. The Kier molecular flexibility index (Phi) is 3.91. The number of hydrogen-bond donors (Lipinski definition) is 2. The number of nitrogens with one attached hydrogen (secondary N) is 1. The van der Waals surface area contributed by atoms with E-state index in [-0.39, 0.29) is 12.1 Å². The van der Waals surface area contributed by atoms with E-state index in [0.29, 0.717) is 5.92 Å². The normalized spacial score (nSPS) is 19.1. The highest BCUT2D eigenvalue weighted by Crippen LogP contribution is 2.39. The zero-order valence-corrected chi connectivity index (χ0v) is 12.0. The fraction of sp³-hybridized carbons (Fsp3) is 0.571. The van der Waals surface area contributed by atoms with E-state index in [1.807, 2.05) is 0 Å². The van der Waals surface area contributed by atoms with E-state index >= 15 is 0 Å². The van der Waals surface area contributed by atoms with Crippen LogP contribution >= 0.6 is 15.9 Å². The molecule has 2 rings (SSSR count). The third kappa shape index (κ3) is 3.09. The van der Waals surface area contributed by atoms with E-state index in [1.54, 1.807) is 0 Å². The van der Waals surface area contributed by atoms with Gasteiger partial charge in [0.2, 0.25) is 0 Å². The first-order valence-electron chi connectivity index (χ1n) is 6.16. The highest BCUT2D eigenvalue weighted by atomic mass is 79.9. The standard InChI is InChI=1S/C14H20BrNO/c1-10-7-13(15)6-3-11(10)8-16-14(2,9-17)12-4-5-12/h3,6-7,12,16-17H,4-5,8-9H2,1-2H3. The topological polar surface area (TPSA) is 32.3 Å². The Balaban J connectivity index is 2.01. The molecule has 0 aliphatic heterocycles. The third-order valence-electron chi connectivity index (χ3n) is 3.79. The Bertz CT molecular complexity index is 403. The minimum Gasteiger partial charge on any atom is -0.394 e. The maximum Gasteiger partial charge on any atom is 0.0613 e. The monoisotopic (exact) mass is 297 g/mol. The molecule has 0 spiro atoms. The zero-order valence-electron chi connectivity index (χ0n) is 10.5. The molecule has 2 N–H and O–H groups in total. The van der Waals surface area contributed by atoms with Crippen molar-refractivity contribution in [2.45, 2.75) is 38.8 Å². The number of aryl methyl sites for hydroxylation is 1. The number of rotatable bonds is 5. The van der Waals surface area contributed by atoms with Crippen LogP contribution in [0, 0.1) is 12.8 Å². The number of aliphatic hydroxyl groups excluding tert-OH is 1. The van der Waals surface area contributed by atoms with Gasteiger partial charge in [0.25, 0.3) is 0 Å². The average Bonchev–Trinajstić information content (AvgIpc) is 3.11. The van der Waals surface area contributed by atoms with Crippen LogP contribution in [0.15, 0.2) is 22.7 Å². The number of hydrogen-bond acceptors (Lipinski definition) is 2. The highest BCUT2D eigenvalue weighted by molar-refractivity contribution is 9.10. The van der Waals surface area contributed by atoms with Crippen LogP contribution in [-0.4, -0.2) is 17.3 Å². The predicted octanol–water partition coefficient (Wildman–Crippen LogP) is 3.01. The summed E-state index contributed by atoms with van der Waals surface area (Å²) in [6, 6.07) is 6.33. The summed E-state index contributed by atoms with van der Waals surface area (Å²) in [6.07, 6.45) is 2.48. The van der Waals surface area contributed by atoms with Crippen molar-refractivity contribution in [1.82, 2.24) is 5.32 Å². The molecule has 1 aromatic carbocycles. The van der Waals surface area contributed by atoms with Gasteiger partial charge in [-0.25, -0.2) is 0 Å². The van der Waals surface area contributed by atoms with Gasteiger partial charge in [0.05, 0.1) is 6.61 Å². The predicted molar refractivity (Wildman–Crippen MR) is 73.9 cm³/mol. The maximum absolute atomic E-state index is 9.52. The lowest BCUT2D eigenvalue weighted by Crippen LogP contribution is -2.47. The summed E-state index contributed by atoms with van der Waals surface area (Å²) in [4.78, 5) is 0. The van der Waals surface area contributed by atoms with E-state index < -0.39 is 0 Å². The molecule has 0 bridgehead atoms. The van der Waals surface area contributed by atoms with Gasteiger partial charge in [-0.15, -0.1) is 0 Å². The first-order valence-corrected chi connectivity index (χ1v) is 6.95. The first-order chi connectivity index (χ1) is 8.05. The van der Waals surface area contributed by atoms with Crippen LogP contribution < -0.4 is 5.32 Å². The second kappa shape index (κ2) is 5.09. The molecule has 0 amide bonds. The van der Waals surface area contributed by atoms with Crippen molar-refractivity contribution in [2.24, 2.45) is 5.92 Å². The van der Waals surface area contributed by atoms with E-state index in [2.05, 4.69) is 53.3 Å². The molecule has 1 aromatic rings. The van der Waals surface area contributed by atoms with Gasteiger partial charge in [-0.3, -0.25) is 0 Å². The average molecular weight is 298 g/mol. The Morgan fingerprint density at radius 2 is 2.18 bits per heavy atom. The van der Waals surface area contributed by atoms with Crippen LogP contribution in [0.25, 0.3) is 0 Å². The first kappa shape index (κ1) is 13.1. The molecule has 0 aromatic heterocycles. The van der Waals surface area contributed by atoms with Gasteiger partial charge >= 0.3 is 0 Å². The third-order valence-corrected chi connectivity index (χ3v) is 4.29. The number of benzene rings is 1. The van der Waals surface area contributed by atoms with Gasteiger partial charge in [0.1, 0.15) is 0 Å². The molecule has 0 saturated heterocycles. The molecule has 1 saturated carbocycles. The van der Waals surface area contributed by atoms with Gasteiger partial charge < -0.3 is 10.4 Å². The molecule has 3 heteroatoms. The van der Waals surface area contributed by atoms with E-state index in [9.17, 15) is 5.11 Å². The zero-order chi connectivity index (χ0) is 12.5. The lowest BCUT2D eigenvalue weighted by Gasteiger charge is -2.29. The minimum absolute atomic E-state index is 0.112. The smallest absolute Gasteiger partial charge is 0.0613 e. The molecule has 2 nitrogen and oxygen atoms in total. The van der Waals surface area contributed by atoms with Crippen LogP contribution in [0.5, 0.6) is 0 Å². The van der Waals surface area contributed by atoms with E-state index in [1.165, 1.54) is 24.0 Å². The van der Waals surface area contributed by atoms with Gasteiger partial charge in [0.15, 0.2) is 0 Å². The van der Waals surface area contributed by atoms with Crippen molar-refractivity contribution in [3.8, 4) is 0 Å². The second-order valence-corrected chi connectivity index (χ2v) is 6.19. The fourth-order valence-electron chi connectivity index (χ4n) is 2.20. The Morgan fingerprint density at radius 3 is 2.71 bits per heavy atom. The lowest BCUT2D eigenvalue weighted by molar-refractivity contribution is 0.153. The SMILES string of the molecule is Cc1cc(Br)ccc1CNC(C)(CO)C1CC1.